The molecule has 0 radical (unpaired) electrons. The third-order valence-corrected chi connectivity index (χ3v) is 5.08. The fourth-order valence-electron chi connectivity index (χ4n) is 2.74. The highest BCUT2D eigenvalue weighted by Crippen LogP contribution is 2.27. The zero-order chi connectivity index (χ0) is 16.1. The summed E-state index contributed by atoms with van der Waals surface area (Å²) in [6.07, 6.45) is 8.91. The number of nitrogens with zero attached hydrogens (tertiary/aromatic N) is 4. The number of benzene rings is 1. The predicted molar refractivity (Wildman–Crippen MR) is 96.6 cm³/mol. The van der Waals surface area contributed by atoms with Crippen LogP contribution in [0, 0.1) is 0 Å². The topological polar surface area (TPSA) is 35.6 Å². The Morgan fingerprint density at radius 1 is 1.13 bits per heavy atom. The van der Waals surface area contributed by atoms with E-state index in [0.717, 1.165) is 28.8 Å². The first-order chi connectivity index (χ1) is 11.3. The summed E-state index contributed by atoms with van der Waals surface area (Å²) in [5.41, 5.74) is 2.33. The normalized spacial score (nSPS) is 11.4. The summed E-state index contributed by atoms with van der Waals surface area (Å²) in [5.74, 6) is 1.93. The van der Waals surface area contributed by atoms with E-state index in [0.29, 0.717) is 0 Å². The Labute approximate surface area is 141 Å². The van der Waals surface area contributed by atoms with Crippen LogP contribution in [0.15, 0.2) is 41.8 Å². The first kappa shape index (κ1) is 16.1. The molecule has 0 saturated heterocycles. The van der Waals surface area contributed by atoms with Gasteiger partial charge >= 0.3 is 0 Å². The predicted octanol–water partition coefficient (Wildman–Crippen LogP) is 4.64. The highest BCUT2D eigenvalue weighted by molar-refractivity contribution is 7.98. The van der Waals surface area contributed by atoms with Crippen molar-refractivity contribution in [3.8, 4) is 0 Å². The highest BCUT2D eigenvalue weighted by atomic mass is 32.2. The third-order valence-electron chi connectivity index (χ3n) is 4.11. The molecule has 0 unspecified atom stereocenters. The Hall–Kier alpha value is -1.75. The maximum atomic E-state index is 4.83. The van der Waals surface area contributed by atoms with Gasteiger partial charge in [-0.3, -0.25) is 0 Å². The zero-order valence-electron chi connectivity index (χ0n) is 13.9. The highest BCUT2D eigenvalue weighted by Gasteiger charge is 2.12. The number of hydrogen-bond acceptors (Lipinski definition) is 3. The van der Waals surface area contributed by atoms with Crippen molar-refractivity contribution in [3.63, 3.8) is 0 Å². The van der Waals surface area contributed by atoms with Gasteiger partial charge in [-0.15, -0.1) is 0 Å². The number of hydrogen-bond donors (Lipinski definition) is 0. The fraction of sp³-hybridized carbons (Fsp3) is 0.444. The number of imidazole rings is 2. The molecule has 0 fully saturated rings. The Balaban J connectivity index is 1.78. The molecule has 0 amide bonds. The smallest absolute Gasteiger partial charge is 0.169 e. The van der Waals surface area contributed by atoms with E-state index in [2.05, 4.69) is 45.3 Å². The van der Waals surface area contributed by atoms with Crippen molar-refractivity contribution in [1.29, 1.82) is 0 Å². The minimum absolute atomic E-state index is 0.849. The quantitative estimate of drug-likeness (QED) is 0.446. The molecule has 3 aromatic rings. The molecule has 0 aliphatic rings. The van der Waals surface area contributed by atoms with Crippen LogP contribution < -0.4 is 0 Å². The van der Waals surface area contributed by atoms with E-state index >= 15 is 0 Å². The lowest BCUT2D eigenvalue weighted by atomic mass is 10.2. The number of aromatic nitrogens is 4. The van der Waals surface area contributed by atoms with Gasteiger partial charge in [0.15, 0.2) is 5.16 Å². The average molecular weight is 328 g/mol. The van der Waals surface area contributed by atoms with Gasteiger partial charge in [-0.1, -0.05) is 50.1 Å². The van der Waals surface area contributed by atoms with Gasteiger partial charge in [0.1, 0.15) is 5.82 Å². The van der Waals surface area contributed by atoms with Gasteiger partial charge < -0.3 is 9.13 Å². The van der Waals surface area contributed by atoms with Gasteiger partial charge in [0, 0.05) is 26.0 Å². The molecule has 0 atom stereocenters. The van der Waals surface area contributed by atoms with Gasteiger partial charge in [0.05, 0.1) is 16.8 Å². The maximum absolute atomic E-state index is 4.83. The molecular formula is C18H24N4S. The summed E-state index contributed by atoms with van der Waals surface area (Å²) in [4.78, 5) is 9.24. The summed E-state index contributed by atoms with van der Waals surface area (Å²) in [6.45, 7) is 3.30. The third kappa shape index (κ3) is 3.78. The van der Waals surface area contributed by atoms with Crippen molar-refractivity contribution in [2.45, 2.75) is 50.1 Å². The molecule has 0 bridgehead atoms. The van der Waals surface area contributed by atoms with E-state index < -0.39 is 0 Å². The van der Waals surface area contributed by atoms with E-state index in [9.17, 15) is 0 Å². The van der Waals surface area contributed by atoms with Crippen LogP contribution >= 0.6 is 11.8 Å². The van der Waals surface area contributed by atoms with E-state index in [1.165, 1.54) is 31.2 Å². The van der Waals surface area contributed by atoms with Crippen molar-refractivity contribution < 1.29 is 0 Å². The molecule has 1 aromatic carbocycles. The summed E-state index contributed by atoms with van der Waals surface area (Å²) in [7, 11) is 2.04. The molecule has 2 aromatic heterocycles. The number of thioether (sulfide) groups is 1. The lowest BCUT2D eigenvalue weighted by Crippen LogP contribution is -2.01. The molecule has 5 heteroatoms. The second kappa shape index (κ2) is 7.68. The molecule has 0 aliphatic heterocycles. The molecule has 4 nitrogen and oxygen atoms in total. The second-order valence-corrected chi connectivity index (χ2v) is 6.78. The van der Waals surface area contributed by atoms with E-state index in [1.807, 2.05) is 19.4 Å². The molecule has 2 heterocycles. The standard InChI is InChI=1S/C18H24N4S/c1-3-4-5-8-12-22-16-10-7-6-9-15(16)20-18(22)23-14-17-19-11-13-21(17)2/h6-7,9-11,13H,3-5,8,12,14H2,1-2H3. The Morgan fingerprint density at radius 2 is 2.00 bits per heavy atom. The molecule has 23 heavy (non-hydrogen) atoms. The molecule has 122 valence electrons. The Morgan fingerprint density at radius 3 is 2.78 bits per heavy atom. The Bertz CT molecular complexity index is 759. The van der Waals surface area contributed by atoms with Crippen LogP contribution in [-0.4, -0.2) is 19.1 Å². The van der Waals surface area contributed by atoms with Crippen LogP contribution in [0.5, 0.6) is 0 Å². The van der Waals surface area contributed by atoms with Crippen molar-refractivity contribution in [3.05, 3.63) is 42.5 Å². The van der Waals surface area contributed by atoms with Crippen LogP contribution in [0.3, 0.4) is 0 Å². The van der Waals surface area contributed by atoms with Gasteiger partial charge in [-0.25, -0.2) is 9.97 Å². The lowest BCUT2D eigenvalue weighted by molar-refractivity contribution is 0.563. The monoisotopic (exact) mass is 328 g/mol. The summed E-state index contributed by atoms with van der Waals surface area (Å²) in [6, 6.07) is 8.43. The van der Waals surface area contributed by atoms with Crippen LogP contribution in [0.25, 0.3) is 11.0 Å². The molecule has 0 N–H and O–H groups in total. The van der Waals surface area contributed by atoms with E-state index in [4.69, 9.17) is 4.98 Å². The van der Waals surface area contributed by atoms with Crippen LogP contribution in [0.4, 0.5) is 0 Å². The minimum Gasteiger partial charge on any atom is -0.337 e. The van der Waals surface area contributed by atoms with Crippen molar-refractivity contribution in [2.24, 2.45) is 7.05 Å². The first-order valence-corrected chi connectivity index (χ1v) is 9.32. The van der Waals surface area contributed by atoms with E-state index in [1.54, 1.807) is 11.8 Å². The SMILES string of the molecule is CCCCCCn1c(SCc2nccn2C)nc2ccccc21. The lowest BCUT2D eigenvalue weighted by Gasteiger charge is -2.09. The summed E-state index contributed by atoms with van der Waals surface area (Å²) >= 11 is 1.78. The summed E-state index contributed by atoms with van der Waals surface area (Å²) < 4.78 is 4.44. The second-order valence-electron chi connectivity index (χ2n) is 5.84. The van der Waals surface area contributed by atoms with Crippen molar-refractivity contribution in [1.82, 2.24) is 19.1 Å². The van der Waals surface area contributed by atoms with Crippen LogP contribution in [0.1, 0.15) is 38.4 Å². The fourth-order valence-corrected chi connectivity index (χ4v) is 3.79. The molecule has 0 saturated carbocycles. The number of para-hydroxylation sites is 2. The van der Waals surface area contributed by atoms with Gasteiger partial charge in [-0.2, -0.15) is 0 Å². The molecular weight excluding hydrogens is 304 g/mol. The molecule has 3 rings (SSSR count). The van der Waals surface area contributed by atoms with Crippen molar-refractivity contribution >= 4 is 22.8 Å². The number of unbranched alkanes of at least 4 members (excludes halogenated alkanes) is 3. The van der Waals surface area contributed by atoms with Crippen LogP contribution in [0.2, 0.25) is 0 Å². The zero-order valence-corrected chi connectivity index (χ0v) is 14.7. The van der Waals surface area contributed by atoms with Crippen molar-refractivity contribution in [2.75, 3.05) is 0 Å². The van der Waals surface area contributed by atoms with Crippen LogP contribution in [-0.2, 0) is 19.3 Å². The number of fused-ring (bicyclic) bond motifs is 1. The summed E-state index contributed by atoms with van der Waals surface area (Å²) in [5, 5.41) is 1.10. The largest absolute Gasteiger partial charge is 0.337 e. The Kier molecular flexibility index (Phi) is 5.39. The van der Waals surface area contributed by atoms with Gasteiger partial charge in [0.25, 0.3) is 0 Å². The average Bonchev–Trinajstić information content (AvgIpc) is 3.13. The van der Waals surface area contributed by atoms with E-state index in [-0.39, 0.29) is 0 Å². The minimum atomic E-state index is 0.849. The molecule has 0 spiro atoms. The van der Waals surface area contributed by atoms with Gasteiger partial charge in [0.2, 0.25) is 0 Å². The van der Waals surface area contributed by atoms with Gasteiger partial charge in [-0.05, 0) is 18.6 Å². The number of aryl methyl sites for hydroxylation is 2. The number of rotatable bonds is 8. The maximum Gasteiger partial charge on any atom is 0.169 e. The first-order valence-electron chi connectivity index (χ1n) is 8.34. The molecule has 0 aliphatic carbocycles.